The highest BCUT2D eigenvalue weighted by atomic mass is 35.5. The molecule has 4 aromatic rings. The fourth-order valence-corrected chi connectivity index (χ4v) is 6.17. The molecular formula is C36H35ClO4. The summed E-state index contributed by atoms with van der Waals surface area (Å²) in [5.41, 5.74) is 7.20. The summed E-state index contributed by atoms with van der Waals surface area (Å²) in [5, 5.41) is 10.2. The fraction of sp³-hybridized carbons (Fsp3) is 0.250. The highest BCUT2D eigenvalue weighted by Gasteiger charge is 2.41. The molecule has 0 unspecified atom stereocenters. The van der Waals surface area contributed by atoms with Gasteiger partial charge in [-0.1, -0.05) is 103 Å². The number of benzene rings is 4. The first kappa shape index (κ1) is 28.7. The van der Waals surface area contributed by atoms with Gasteiger partial charge in [0.25, 0.3) is 0 Å². The first-order valence-electron chi connectivity index (χ1n) is 13.9. The summed E-state index contributed by atoms with van der Waals surface area (Å²) in [7, 11) is 0. The number of carboxylic acid groups (broad SMARTS) is 1. The molecule has 41 heavy (non-hydrogen) atoms. The highest BCUT2D eigenvalue weighted by molar-refractivity contribution is 6.30. The van der Waals surface area contributed by atoms with Crippen LogP contribution in [-0.2, 0) is 16.0 Å². The second kappa shape index (κ2) is 12.8. The third-order valence-electron chi connectivity index (χ3n) is 7.92. The third-order valence-corrected chi connectivity index (χ3v) is 8.16. The van der Waals surface area contributed by atoms with Gasteiger partial charge in [0.05, 0.1) is 12.2 Å². The van der Waals surface area contributed by atoms with Gasteiger partial charge in [0.2, 0.25) is 0 Å². The molecule has 0 amide bonds. The van der Waals surface area contributed by atoms with E-state index in [1.54, 1.807) is 0 Å². The van der Waals surface area contributed by atoms with E-state index >= 15 is 0 Å². The molecule has 0 aromatic heterocycles. The van der Waals surface area contributed by atoms with Crippen molar-refractivity contribution in [3.63, 3.8) is 0 Å². The van der Waals surface area contributed by atoms with Crippen LogP contribution >= 0.6 is 11.6 Å². The van der Waals surface area contributed by atoms with Gasteiger partial charge in [0, 0.05) is 22.4 Å². The lowest BCUT2D eigenvalue weighted by Gasteiger charge is -2.43. The summed E-state index contributed by atoms with van der Waals surface area (Å²) >= 11 is 6.44. The molecule has 0 bridgehead atoms. The molecule has 4 atom stereocenters. The summed E-state index contributed by atoms with van der Waals surface area (Å²) in [4.78, 5) is 11.6. The molecule has 0 spiro atoms. The molecule has 1 aliphatic heterocycles. The minimum absolute atomic E-state index is 0.0144. The zero-order valence-corrected chi connectivity index (χ0v) is 24.2. The summed E-state index contributed by atoms with van der Waals surface area (Å²) in [6.07, 6.45) is 1.04. The minimum atomic E-state index is -1.03. The van der Waals surface area contributed by atoms with Crippen LogP contribution in [0.5, 0.6) is 5.75 Å². The molecular weight excluding hydrogens is 532 g/mol. The largest absolute Gasteiger partial charge is 0.481 e. The normalized spacial score (nSPS) is 20.4. The second-order valence-electron chi connectivity index (χ2n) is 10.9. The number of ether oxygens (including phenoxy) is 2. The van der Waals surface area contributed by atoms with Crippen molar-refractivity contribution in [3.05, 3.63) is 136 Å². The van der Waals surface area contributed by atoms with Crippen molar-refractivity contribution in [1.29, 1.82) is 0 Å². The van der Waals surface area contributed by atoms with Gasteiger partial charge in [0.1, 0.15) is 5.75 Å². The van der Waals surface area contributed by atoms with Gasteiger partial charge in [-0.3, -0.25) is 0 Å². The van der Waals surface area contributed by atoms with Gasteiger partial charge >= 0.3 is 5.97 Å². The van der Waals surface area contributed by atoms with E-state index in [2.05, 4.69) is 30.8 Å². The number of aryl methyl sites for hydroxylation is 1. The van der Waals surface area contributed by atoms with E-state index in [9.17, 15) is 9.90 Å². The van der Waals surface area contributed by atoms with Crippen molar-refractivity contribution < 1.29 is 19.4 Å². The maximum atomic E-state index is 11.6. The van der Waals surface area contributed by atoms with Crippen molar-refractivity contribution in [2.45, 2.75) is 44.8 Å². The summed E-state index contributed by atoms with van der Waals surface area (Å²) in [5.74, 6) is -0.413. The number of hydrogen-bond donors (Lipinski definition) is 1. The quantitative estimate of drug-likeness (QED) is 0.206. The molecule has 0 radical (unpaired) electrons. The van der Waals surface area contributed by atoms with Crippen molar-refractivity contribution in [2.24, 2.45) is 5.92 Å². The predicted octanol–water partition coefficient (Wildman–Crippen LogP) is 8.83. The van der Waals surface area contributed by atoms with E-state index in [0.29, 0.717) is 10.8 Å². The van der Waals surface area contributed by atoms with Crippen molar-refractivity contribution in [2.75, 3.05) is 6.61 Å². The molecule has 1 saturated heterocycles. The Balaban J connectivity index is 1.60. The Kier molecular flexibility index (Phi) is 8.92. The summed E-state index contributed by atoms with van der Waals surface area (Å²) in [6, 6.07) is 32.5. The Bertz CT molecular complexity index is 1520. The molecule has 0 aliphatic carbocycles. The van der Waals surface area contributed by atoms with E-state index in [0.717, 1.165) is 46.2 Å². The predicted molar refractivity (Wildman–Crippen MR) is 165 cm³/mol. The minimum Gasteiger partial charge on any atom is -0.481 e. The lowest BCUT2D eigenvalue weighted by molar-refractivity contribution is -0.139. The van der Waals surface area contributed by atoms with Crippen LogP contribution in [0.15, 0.2) is 109 Å². The van der Waals surface area contributed by atoms with Crippen molar-refractivity contribution in [1.82, 2.24) is 0 Å². The van der Waals surface area contributed by atoms with Gasteiger partial charge in [-0.25, -0.2) is 4.79 Å². The number of halogens is 1. The van der Waals surface area contributed by atoms with E-state index in [-0.39, 0.29) is 24.0 Å². The average molecular weight is 567 g/mol. The van der Waals surface area contributed by atoms with Crippen molar-refractivity contribution >= 4 is 17.6 Å². The molecule has 5 rings (SSSR count). The van der Waals surface area contributed by atoms with Crippen LogP contribution in [-0.4, -0.2) is 23.8 Å². The molecule has 1 aliphatic rings. The average Bonchev–Trinajstić information content (AvgIpc) is 2.96. The van der Waals surface area contributed by atoms with Gasteiger partial charge < -0.3 is 14.6 Å². The Morgan fingerprint density at radius 1 is 0.976 bits per heavy atom. The van der Waals surface area contributed by atoms with Crippen LogP contribution in [0.3, 0.4) is 0 Å². The molecule has 5 heteroatoms. The number of rotatable bonds is 9. The summed E-state index contributed by atoms with van der Waals surface area (Å²) in [6.45, 7) is 8.02. The Labute approximate surface area is 247 Å². The zero-order chi connectivity index (χ0) is 28.9. The van der Waals surface area contributed by atoms with E-state index < -0.39 is 12.6 Å². The van der Waals surface area contributed by atoms with Gasteiger partial charge in [0.15, 0.2) is 6.61 Å². The van der Waals surface area contributed by atoms with Crippen LogP contribution in [0.25, 0.3) is 11.1 Å². The molecule has 1 fully saturated rings. The number of carboxylic acids is 1. The van der Waals surface area contributed by atoms with Gasteiger partial charge in [-0.2, -0.15) is 0 Å². The molecule has 4 aromatic carbocycles. The lowest BCUT2D eigenvalue weighted by Crippen LogP contribution is -2.38. The first-order valence-corrected chi connectivity index (χ1v) is 14.3. The summed E-state index contributed by atoms with van der Waals surface area (Å²) < 4.78 is 13.1. The smallest absolute Gasteiger partial charge is 0.341 e. The maximum Gasteiger partial charge on any atom is 0.341 e. The standard InChI is InChI=1S/C36H35ClO4/c1-23(2)30-21-31(27-15-10-16-29(37)19-27)32(18-25-11-6-4-7-12-25)41-36(30)35-24(3)17-28(26-13-8-5-9-14-26)20-33(35)40-22-34(38)39/h4-17,19-20,30-32,36H,1,18,21-22H2,2-3H3,(H,38,39)/t30-,31-,32+,36+/m0/s1. The van der Waals surface area contributed by atoms with E-state index in [1.165, 1.54) is 5.56 Å². The second-order valence-corrected chi connectivity index (χ2v) is 11.3. The Morgan fingerprint density at radius 3 is 2.34 bits per heavy atom. The number of hydrogen-bond acceptors (Lipinski definition) is 3. The zero-order valence-electron chi connectivity index (χ0n) is 23.4. The van der Waals surface area contributed by atoms with E-state index in [4.69, 9.17) is 21.1 Å². The Hall–Kier alpha value is -3.86. The fourth-order valence-electron chi connectivity index (χ4n) is 5.97. The van der Waals surface area contributed by atoms with Crippen LogP contribution in [0.2, 0.25) is 5.02 Å². The lowest BCUT2D eigenvalue weighted by atomic mass is 9.73. The molecule has 210 valence electrons. The van der Waals surface area contributed by atoms with E-state index in [1.807, 2.05) is 86.6 Å². The maximum absolute atomic E-state index is 11.6. The third kappa shape index (κ3) is 6.73. The monoisotopic (exact) mass is 566 g/mol. The highest BCUT2D eigenvalue weighted by Crippen LogP contribution is 2.50. The van der Waals surface area contributed by atoms with Gasteiger partial charge in [-0.15, -0.1) is 0 Å². The van der Waals surface area contributed by atoms with Crippen LogP contribution in [0.1, 0.15) is 47.6 Å². The van der Waals surface area contributed by atoms with Crippen LogP contribution in [0.4, 0.5) is 0 Å². The molecule has 1 N–H and O–H groups in total. The molecule has 0 saturated carbocycles. The van der Waals surface area contributed by atoms with Crippen molar-refractivity contribution in [3.8, 4) is 16.9 Å². The SMILES string of the molecule is C=C(C)[C@@H]1C[C@@H](c2cccc(Cl)c2)[C@@H](Cc2ccccc2)O[C@H]1c1c(C)cc(-c2ccccc2)cc1OCC(=O)O. The number of aliphatic carboxylic acids is 1. The number of carbonyl (C=O) groups is 1. The molecule has 4 nitrogen and oxygen atoms in total. The van der Waals surface area contributed by atoms with Crippen LogP contribution < -0.4 is 4.74 Å². The Morgan fingerprint density at radius 2 is 1.68 bits per heavy atom. The van der Waals surface area contributed by atoms with Crippen LogP contribution in [0, 0.1) is 12.8 Å². The topological polar surface area (TPSA) is 55.8 Å². The first-order chi connectivity index (χ1) is 19.8. The molecule has 1 heterocycles. The van der Waals surface area contributed by atoms with Gasteiger partial charge in [-0.05, 0) is 72.7 Å².